The Kier molecular flexibility index (Phi) is 5.59. The van der Waals surface area contributed by atoms with Crippen LogP contribution in [0.2, 0.25) is 0 Å². The smallest absolute Gasteiger partial charge is 0.316 e. The van der Waals surface area contributed by atoms with Crippen molar-refractivity contribution in [2.75, 3.05) is 20.2 Å². The fraction of sp³-hybridized carbons (Fsp3) is 0.562. The maximum atomic E-state index is 12.7. The van der Waals surface area contributed by atoms with E-state index in [1.165, 1.54) is 11.4 Å². The van der Waals surface area contributed by atoms with Crippen molar-refractivity contribution in [2.24, 2.45) is 5.73 Å². The first-order chi connectivity index (χ1) is 10.9. The molecule has 8 heteroatoms. The van der Waals surface area contributed by atoms with Crippen molar-refractivity contribution < 1.29 is 17.9 Å². The van der Waals surface area contributed by atoms with E-state index < -0.39 is 15.4 Å². The zero-order chi connectivity index (χ0) is 16.7. The number of piperidine rings is 1. The van der Waals surface area contributed by atoms with Crippen LogP contribution in [-0.2, 0) is 25.0 Å². The van der Waals surface area contributed by atoms with Gasteiger partial charge < -0.3 is 10.5 Å². The normalized spacial score (nSPS) is 20.9. The number of hydrogen-bond donors (Lipinski definition) is 1. The standard InChI is InChI=1S/C16H22N2O4S.ClH/c1-22-15(19)16(8-9-16)12-2-4-14(5-3-12)23(20,21)18-10-6-13(17)7-11-18;/h2-5,13H,6-11,17H2,1H3;1H. The summed E-state index contributed by atoms with van der Waals surface area (Å²) in [5, 5.41) is 0. The van der Waals surface area contributed by atoms with Crippen LogP contribution in [0.5, 0.6) is 0 Å². The highest BCUT2D eigenvalue weighted by Gasteiger charge is 2.52. The fourth-order valence-corrected chi connectivity index (χ4v) is 4.61. The van der Waals surface area contributed by atoms with Crippen LogP contribution >= 0.6 is 12.4 Å². The molecule has 1 saturated carbocycles. The van der Waals surface area contributed by atoms with Crippen molar-refractivity contribution in [3.8, 4) is 0 Å². The third-order valence-electron chi connectivity index (χ3n) is 4.87. The molecule has 1 aliphatic heterocycles. The van der Waals surface area contributed by atoms with E-state index in [2.05, 4.69) is 0 Å². The molecule has 1 aliphatic carbocycles. The number of esters is 1. The average molecular weight is 375 g/mol. The molecule has 1 heterocycles. The monoisotopic (exact) mass is 374 g/mol. The van der Waals surface area contributed by atoms with Gasteiger partial charge in [-0.15, -0.1) is 12.4 Å². The van der Waals surface area contributed by atoms with Gasteiger partial charge in [-0.05, 0) is 43.4 Å². The Morgan fingerprint density at radius 2 is 1.75 bits per heavy atom. The lowest BCUT2D eigenvalue weighted by Crippen LogP contribution is -2.42. The minimum absolute atomic E-state index is 0. The van der Waals surface area contributed by atoms with E-state index >= 15 is 0 Å². The molecule has 0 atom stereocenters. The molecule has 24 heavy (non-hydrogen) atoms. The molecule has 0 radical (unpaired) electrons. The van der Waals surface area contributed by atoms with Gasteiger partial charge >= 0.3 is 5.97 Å². The maximum Gasteiger partial charge on any atom is 0.316 e. The van der Waals surface area contributed by atoms with Gasteiger partial charge in [-0.1, -0.05) is 12.1 Å². The third kappa shape index (κ3) is 3.31. The van der Waals surface area contributed by atoms with Gasteiger partial charge in [-0.3, -0.25) is 4.79 Å². The molecule has 3 rings (SSSR count). The van der Waals surface area contributed by atoms with Crippen molar-refractivity contribution in [3.05, 3.63) is 29.8 Å². The number of nitrogens with two attached hydrogens (primary N) is 1. The number of methoxy groups -OCH3 is 1. The number of sulfonamides is 1. The van der Waals surface area contributed by atoms with E-state index in [0.717, 1.165) is 18.4 Å². The Balaban J connectivity index is 0.00000208. The summed E-state index contributed by atoms with van der Waals surface area (Å²) in [5.41, 5.74) is 6.08. The maximum absolute atomic E-state index is 12.7. The van der Waals surface area contributed by atoms with Crippen molar-refractivity contribution >= 4 is 28.4 Å². The van der Waals surface area contributed by atoms with Gasteiger partial charge in [-0.25, -0.2) is 8.42 Å². The lowest BCUT2D eigenvalue weighted by molar-refractivity contribution is -0.143. The number of benzene rings is 1. The predicted molar refractivity (Wildman–Crippen MR) is 92.6 cm³/mol. The second-order valence-corrected chi connectivity index (χ2v) is 8.28. The van der Waals surface area contributed by atoms with Crippen molar-refractivity contribution in [1.82, 2.24) is 4.31 Å². The summed E-state index contributed by atoms with van der Waals surface area (Å²) in [4.78, 5) is 12.2. The molecule has 0 unspecified atom stereocenters. The first-order valence-electron chi connectivity index (χ1n) is 7.85. The van der Waals surface area contributed by atoms with Crippen molar-refractivity contribution in [3.63, 3.8) is 0 Å². The number of carbonyl (C=O) groups is 1. The second kappa shape index (κ2) is 7.00. The van der Waals surface area contributed by atoms with Crippen molar-refractivity contribution in [2.45, 2.75) is 42.0 Å². The van der Waals surface area contributed by atoms with Crippen LogP contribution in [0, 0.1) is 0 Å². The minimum Gasteiger partial charge on any atom is -0.468 e. The average Bonchev–Trinajstić information content (AvgIpc) is 3.36. The minimum atomic E-state index is -3.49. The third-order valence-corrected chi connectivity index (χ3v) is 6.78. The molecule has 0 bridgehead atoms. The van der Waals surface area contributed by atoms with Gasteiger partial charge in [0.15, 0.2) is 0 Å². The lowest BCUT2D eigenvalue weighted by Gasteiger charge is -2.29. The summed E-state index contributed by atoms with van der Waals surface area (Å²) < 4.78 is 31.7. The first-order valence-corrected chi connectivity index (χ1v) is 9.29. The Bertz CT molecular complexity index is 693. The number of rotatable bonds is 4. The van der Waals surface area contributed by atoms with E-state index in [-0.39, 0.29) is 29.3 Å². The molecule has 2 N–H and O–H groups in total. The summed E-state index contributed by atoms with van der Waals surface area (Å²) in [6.45, 7) is 0.911. The van der Waals surface area contributed by atoms with E-state index in [1.54, 1.807) is 24.3 Å². The molecule has 1 aromatic carbocycles. The van der Waals surface area contributed by atoms with Gasteiger partial charge in [0.05, 0.1) is 17.4 Å². The predicted octanol–water partition coefficient (Wildman–Crippen LogP) is 1.42. The number of carbonyl (C=O) groups excluding carboxylic acids is 1. The topological polar surface area (TPSA) is 89.7 Å². The number of ether oxygens (including phenoxy) is 1. The molecule has 0 spiro atoms. The molecule has 2 fully saturated rings. The zero-order valence-corrected chi connectivity index (χ0v) is 15.2. The zero-order valence-electron chi connectivity index (χ0n) is 13.6. The largest absolute Gasteiger partial charge is 0.468 e. The molecule has 134 valence electrons. The van der Waals surface area contributed by atoms with Crippen LogP contribution in [0.15, 0.2) is 29.2 Å². The van der Waals surface area contributed by atoms with Crippen LogP contribution in [0.1, 0.15) is 31.2 Å². The van der Waals surface area contributed by atoms with Crippen LogP contribution in [0.4, 0.5) is 0 Å². The molecular formula is C16H23ClN2O4S. The van der Waals surface area contributed by atoms with Crippen LogP contribution in [-0.4, -0.2) is 44.9 Å². The van der Waals surface area contributed by atoms with Gasteiger partial charge in [0.2, 0.25) is 10.0 Å². The summed E-state index contributed by atoms with van der Waals surface area (Å²) in [6.07, 6.45) is 2.86. The van der Waals surface area contributed by atoms with E-state index in [9.17, 15) is 13.2 Å². The molecule has 0 amide bonds. The van der Waals surface area contributed by atoms with Crippen LogP contribution < -0.4 is 5.73 Å². The van der Waals surface area contributed by atoms with Crippen LogP contribution in [0.25, 0.3) is 0 Å². The summed E-state index contributed by atoms with van der Waals surface area (Å²) in [7, 11) is -2.11. The van der Waals surface area contributed by atoms with E-state index in [0.29, 0.717) is 25.9 Å². The lowest BCUT2D eigenvalue weighted by atomic mass is 9.96. The fourth-order valence-electron chi connectivity index (χ4n) is 3.14. The highest BCUT2D eigenvalue weighted by molar-refractivity contribution is 7.89. The number of hydrogen-bond acceptors (Lipinski definition) is 5. The summed E-state index contributed by atoms with van der Waals surface area (Å²) in [6, 6.07) is 6.71. The molecule has 1 aromatic rings. The summed E-state index contributed by atoms with van der Waals surface area (Å²) >= 11 is 0. The summed E-state index contributed by atoms with van der Waals surface area (Å²) in [5.74, 6) is -0.252. The van der Waals surface area contributed by atoms with E-state index in [4.69, 9.17) is 10.5 Å². The first kappa shape index (κ1) is 19.2. The Hall–Kier alpha value is -1.15. The van der Waals surface area contributed by atoms with Crippen molar-refractivity contribution in [1.29, 1.82) is 0 Å². The Morgan fingerprint density at radius 1 is 1.21 bits per heavy atom. The molecule has 2 aliphatic rings. The highest BCUT2D eigenvalue weighted by atomic mass is 35.5. The SMILES string of the molecule is COC(=O)C1(c2ccc(S(=O)(=O)N3CCC(N)CC3)cc2)CC1.Cl. The van der Waals surface area contributed by atoms with Gasteiger partial charge in [-0.2, -0.15) is 4.31 Å². The van der Waals surface area contributed by atoms with Gasteiger partial charge in [0, 0.05) is 19.1 Å². The number of halogens is 1. The molecule has 1 saturated heterocycles. The van der Waals surface area contributed by atoms with E-state index in [1.807, 2.05) is 0 Å². The van der Waals surface area contributed by atoms with Crippen LogP contribution in [0.3, 0.4) is 0 Å². The number of nitrogens with zero attached hydrogens (tertiary/aromatic N) is 1. The second-order valence-electron chi connectivity index (χ2n) is 6.34. The molecule has 0 aromatic heterocycles. The molecule has 6 nitrogen and oxygen atoms in total. The Morgan fingerprint density at radius 3 is 2.21 bits per heavy atom. The molecular weight excluding hydrogens is 352 g/mol. The van der Waals surface area contributed by atoms with Gasteiger partial charge in [0.25, 0.3) is 0 Å². The Labute approximate surface area is 148 Å². The van der Waals surface area contributed by atoms with Gasteiger partial charge in [0.1, 0.15) is 0 Å². The quantitative estimate of drug-likeness (QED) is 0.805. The highest BCUT2D eigenvalue weighted by Crippen LogP contribution is 2.49.